The summed E-state index contributed by atoms with van der Waals surface area (Å²) in [4.78, 5) is 24.4. The van der Waals surface area contributed by atoms with Crippen LogP contribution >= 0.6 is 11.9 Å². The Morgan fingerprint density at radius 1 is 1.19 bits per heavy atom. The van der Waals surface area contributed by atoms with E-state index in [1.807, 2.05) is 49.5 Å². The van der Waals surface area contributed by atoms with Crippen molar-refractivity contribution in [3.8, 4) is 11.3 Å². The molecule has 0 aliphatic carbocycles. The number of hydrogen-bond donors (Lipinski definition) is 2. The van der Waals surface area contributed by atoms with E-state index >= 15 is 0 Å². The van der Waals surface area contributed by atoms with Crippen molar-refractivity contribution in [1.29, 1.82) is 0 Å². The van der Waals surface area contributed by atoms with E-state index in [0.717, 1.165) is 33.1 Å². The molecule has 4 aromatic heterocycles. The summed E-state index contributed by atoms with van der Waals surface area (Å²) in [5, 5.41) is 1.74. The van der Waals surface area contributed by atoms with Gasteiger partial charge in [0.2, 0.25) is 0 Å². The van der Waals surface area contributed by atoms with Crippen LogP contribution in [0.5, 0.6) is 0 Å². The number of fused-ring (bicyclic) bond motifs is 1. The molecular formula is C19H17N5OS. The number of H-pyrrole nitrogens is 1. The van der Waals surface area contributed by atoms with Gasteiger partial charge in [-0.2, -0.15) is 0 Å². The second-order valence-corrected chi connectivity index (χ2v) is 6.79. The zero-order chi connectivity index (χ0) is 18.1. The Kier molecular flexibility index (Phi) is 4.22. The molecule has 0 amide bonds. The Labute approximate surface area is 154 Å². The van der Waals surface area contributed by atoms with Crippen LogP contribution in [0.2, 0.25) is 0 Å². The maximum atomic E-state index is 12.3. The van der Waals surface area contributed by atoms with Crippen LogP contribution in [0, 0.1) is 6.92 Å². The van der Waals surface area contributed by atoms with Gasteiger partial charge in [0, 0.05) is 48.5 Å². The smallest absolute Gasteiger partial charge is 0.274 e. The summed E-state index contributed by atoms with van der Waals surface area (Å²) in [6.45, 7) is 2.02. The van der Waals surface area contributed by atoms with Crippen molar-refractivity contribution >= 4 is 28.7 Å². The molecule has 0 bridgehead atoms. The van der Waals surface area contributed by atoms with Crippen molar-refractivity contribution in [2.75, 3.05) is 4.72 Å². The summed E-state index contributed by atoms with van der Waals surface area (Å²) in [7, 11) is 1.75. The summed E-state index contributed by atoms with van der Waals surface area (Å²) in [5.41, 5.74) is 3.35. The largest absolute Gasteiger partial charge is 0.357 e. The molecule has 0 saturated heterocycles. The lowest BCUT2D eigenvalue weighted by Gasteiger charge is -2.11. The van der Waals surface area contributed by atoms with Gasteiger partial charge >= 0.3 is 0 Å². The first-order chi connectivity index (χ1) is 12.6. The van der Waals surface area contributed by atoms with Crippen LogP contribution in [0.25, 0.3) is 22.2 Å². The van der Waals surface area contributed by atoms with Gasteiger partial charge in [-0.3, -0.25) is 4.79 Å². The van der Waals surface area contributed by atoms with Crippen LogP contribution in [0.4, 0.5) is 5.82 Å². The Hall–Kier alpha value is -3.06. The van der Waals surface area contributed by atoms with Gasteiger partial charge in [0.05, 0.1) is 5.69 Å². The maximum absolute atomic E-state index is 12.3. The quantitative estimate of drug-likeness (QED) is 0.540. The van der Waals surface area contributed by atoms with Gasteiger partial charge in [-0.15, -0.1) is 0 Å². The fourth-order valence-corrected chi connectivity index (χ4v) is 3.41. The number of aromatic nitrogens is 4. The Balaban J connectivity index is 1.74. The Bertz CT molecular complexity index is 1130. The molecule has 2 N–H and O–H groups in total. The highest BCUT2D eigenvalue weighted by Gasteiger charge is 2.13. The highest BCUT2D eigenvalue weighted by atomic mass is 32.2. The number of aryl methyl sites for hydroxylation is 2. The van der Waals surface area contributed by atoms with Gasteiger partial charge in [-0.05, 0) is 36.8 Å². The van der Waals surface area contributed by atoms with Crippen LogP contribution in [0.15, 0.2) is 64.8 Å². The molecule has 7 heteroatoms. The van der Waals surface area contributed by atoms with E-state index in [1.165, 1.54) is 11.9 Å². The maximum Gasteiger partial charge on any atom is 0.274 e. The van der Waals surface area contributed by atoms with Crippen molar-refractivity contribution in [2.45, 2.75) is 11.9 Å². The van der Waals surface area contributed by atoms with E-state index in [0.29, 0.717) is 5.52 Å². The van der Waals surface area contributed by atoms with E-state index in [2.05, 4.69) is 14.7 Å². The molecule has 0 atom stereocenters. The SMILES string of the molecule is Cc1ccc(NSc2ccccn2)nc1-c1cn(C)c(=O)c2[nH]ccc12. The monoisotopic (exact) mass is 363 g/mol. The molecular weight excluding hydrogens is 346 g/mol. The molecule has 0 aromatic carbocycles. The minimum absolute atomic E-state index is 0.0496. The molecule has 26 heavy (non-hydrogen) atoms. The molecule has 0 fully saturated rings. The van der Waals surface area contributed by atoms with E-state index < -0.39 is 0 Å². The van der Waals surface area contributed by atoms with Crippen LogP contribution < -0.4 is 10.3 Å². The molecule has 0 aliphatic heterocycles. The highest BCUT2D eigenvalue weighted by molar-refractivity contribution is 8.00. The third-order valence-corrected chi connectivity index (χ3v) is 4.91. The van der Waals surface area contributed by atoms with Crippen LogP contribution in [0.3, 0.4) is 0 Å². The number of hydrogen-bond acceptors (Lipinski definition) is 5. The molecule has 0 saturated carbocycles. The second kappa shape index (κ2) is 6.68. The minimum Gasteiger partial charge on any atom is -0.357 e. The number of nitrogens with zero attached hydrogens (tertiary/aromatic N) is 3. The highest BCUT2D eigenvalue weighted by Crippen LogP contribution is 2.29. The van der Waals surface area contributed by atoms with Crippen LogP contribution in [-0.4, -0.2) is 19.5 Å². The van der Waals surface area contributed by atoms with E-state index in [4.69, 9.17) is 4.98 Å². The van der Waals surface area contributed by atoms with Gasteiger partial charge < -0.3 is 14.3 Å². The molecule has 0 radical (unpaired) electrons. The summed E-state index contributed by atoms with van der Waals surface area (Å²) in [6, 6.07) is 11.6. The number of aromatic amines is 1. The molecule has 0 spiro atoms. The van der Waals surface area contributed by atoms with Gasteiger partial charge in [-0.25, -0.2) is 9.97 Å². The number of rotatable bonds is 4. The fourth-order valence-electron chi connectivity index (χ4n) is 2.83. The lowest BCUT2D eigenvalue weighted by Crippen LogP contribution is -2.16. The summed E-state index contributed by atoms with van der Waals surface area (Å²) in [6.07, 6.45) is 5.37. The van der Waals surface area contributed by atoms with Gasteiger partial charge in [-0.1, -0.05) is 12.1 Å². The van der Waals surface area contributed by atoms with E-state index in [-0.39, 0.29) is 5.56 Å². The second-order valence-electron chi connectivity index (χ2n) is 5.96. The number of nitrogens with one attached hydrogen (secondary N) is 2. The molecule has 130 valence electrons. The summed E-state index contributed by atoms with van der Waals surface area (Å²) >= 11 is 1.41. The van der Waals surface area contributed by atoms with Crippen LogP contribution in [0.1, 0.15) is 5.56 Å². The molecule has 0 aliphatic rings. The predicted molar refractivity (Wildman–Crippen MR) is 105 cm³/mol. The van der Waals surface area contributed by atoms with Crippen LogP contribution in [-0.2, 0) is 7.05 Å². The average molecular weight is 363 g/mol. The Morgan fingerprint density at radius 2 is 2.08 bits per heavy atom. The fraction of sp³-hybridized carbons (Fsp3) is 0.105. The lowest BCUT2D eigenvalue weighted by atomic mass is 10.1. The standard InChI is InChI=1S/C19H17N5OS/c1-12-6-7-15(23-26-16-5-3-4-9-20-16)22-17(12)14-11-24(2)19(25)18-13(14)8-10-21-18/h3-11,21H,1-2H3,(H,22,23). The number of pyridine rings is 3. The van der Waals surface area contributed by atoms with Crippen molar-refractivity contribution in [2.24, 2.45) is 7.05 Å². The predicted octanol–water partition coefficient (Wildman–Crippen LogP) is 3.75. The zero-order valence-electron chi connectivity index (χ0n) is 14.4. The van der Waals surface area contributed by atoms with Gasteiger partial charge in [0.1, 0.15) is 16.4 Å². The number of anilines is 1. The third-order valence-electron chi connectivity index (χ3n) is 4.14. The molecule has 0 unspecified atom stereocenters. The molecule has 4 heterocycles. The lowest BCUT2D eigenvalue weighted by molar-refractivity contribution is 0.871. The van der Waals surface area contributed by atoms with Crippen molar-refractivity contribution in [1.82, 2.24) is 19.5 Å². The topological polar surface area (TPSA) is 75.6 Å². The first-order valence-electron chi connectivity index (χ1n) is 8.12. The Morgan fingerprint density at radius 3 is 2.88 bits per heavy atom. The molecule has 4 rings (SSSR count). The third kappa shape index (κ3) is 2.97. The van der Waals surface area contributed by atoms with E-state index in [1.54, 1.807) is 24.0 Å². The van der Waals surface area contributed by atoms with Crippen molar-refractivity contribution in [3.05, 3.63) is 70.9 Å². The zero-order valence-corrected chi connectivity index (χ0v) is 15.2. The summed E-state index contributed by atoms with van der Waals surface area (Å²) in [5.74, 6) is 0.735. The van der Waals surface area contributed by atoms with Crippen molar-refractivity contribution in [3.63, 3.8) is 0 Å². The minimum atomic E-state index is -0.0496. The molecule has 4 aromatic rings. The van der Waals surface area contributed by atoms with Gasteiger partial charge in [0.15, 0.2) is 0 Å². The van der Waals surface area contributed by atoms with Gasteiger partial charge in [0.25, 0.3) is 5.56 Å². The van der Waals surface area contributed by atoms with Crippen molar-refractivity contribution < 1.29 is 0 Å². The van der Waals surface area contributed by atoms with E-state index in [9.17, 15) is 4.79 Å². The molecule has 6 nitrogen and oxygen atoms in total. The first-order valence-corrected chi connectivity index (χ1v) is 8.94. The normalized spacial score (nSPS) is 11.0. The summed E-state index contributed by atoms with van der Waals surface area (Å²) < 4.78 is 4.81. The first kappa shape index (κ1) is 16.4. The average Bonchev–Trinajstić information content (AvgIpc) is 3.15.